The van der Waals surface area contributed by atoms with Crippen LogP contribution in [-0.2, 0) is 5.54 Å². The molecule has 0 bridgehead atoms. The lowest BCUT2D eigenvalue weighted by Crippen LogP contribution is -2.34. The summed E-state index contributed by atoms with van der Waals surface area (Å²) < 4.78 is 12.9. The molecule has 0 spiro atoms. The number of ether oxygens (including phenoxy) is 2. The van der Waals surface area contributed by atoms with Crippen LogP contribution in [-0.4, -0.2) is 13.2 Å². The Bertz CT molecular complexity index is 536. The van der Waals surface area contributed by atoms with Gasteiger partial charge in [0.25, 0.3) is 0 Å². The molecular formula is C17H24BrNO2. The van der Waals surface area contributed by atoms with Crippen molar-refractivity contribution in [2.75, 3.05) is 13.2 Å². The lowest BCUT2D eigenvalue weighted by atomic mass is 9.82. The Kier molecular flexibility index (Phi) is 4.19. The van der Waals surface area contributed by atoms with E-state index in [1.165, 1.54) is 24.0 Å². The van der Waals surface area contributed by atoms with E-state index in [2.05, 4.69) is 35.8 Å². The molecule has 1 saturated carbocycles. The van der Waals surface area contributed by atoms with Crippen molar-refractivity contribution in [3.8, 4) is 11.5 Å². The van der Waals surface area contributed by atoms with Crippen molar-refractivity contribution < 1.29 is 9.47 Å². The van der Waals surface area contributed by atoms with E-state index in [4.69, 9.17) is 15.2 Å². The largest absolute Gasteiger partial charge is 0.489 e. The average Bonchev–Trinajstić information content (AvgIpc) is 2.73. The van der Waals surface area contributed by atoms with Gasteiger partial charge in [-0.1, -0.05) is 26.7 Å². The summed E-state index contributed by atoms with van der Waals surface area (Å²) in [6, 6.07) is 2.17. The van der Waals surface area contributed by atoms with Crippen molar-refractivity contribution in [1.29, 1.82) is 0 Å². The molecule has 3 nitrogen and oxygen atoms in total. The highest BCUT2D eigenvalue weighted by Crippen LogP contribution is 2.49. The Morgan fingerprint density at radius 3 is 2.33 bits per heavy atom. The first-order valence-electron chi connectivity index (χ1n) is 7.94. The summed E-state index contributed by atoms with van der Waals surface area (Å²) in [5, 5.41) is 0. The molecule has 3 rings (SSSR count). The number of hydrogen-bond donors (Lipinski definition) is 1. The molecule has 1 aromatic rings. The number of benzene rings is 1. The fraction of sp³-hybridized carbons (Fsp3) is 0.647. The van der Waals surface area contributed by atoms with E-state index in [0.717, 1.165) is 35.2 Å². The molecule has 4 heteroatoms. The minimum Gasteiger partial charge on any atom is -0.489 e. The third-order valence-corrected chi connectivity index (χ3v) is 5.21. The molecule has 0 unspecified atom stereocenters. The third-order valence-electron chi connectivity index (χ3n) is 4.62. The first kappa shape index (κ1) is 15.2. The lowest BCUT2D eigenvalue weighted by Gasteiger charge is -2.31. The number of hydrogen-bond acceptors (Lipinski definition) is 3. The average molecular weight is 354 g/mol. The van der Waals surface area contributed by atoms with Gasteiger partial charge >= 0.3 is 0 Å². The maximum absolute atomic E-state index is 6.74. The summed E-state index contributed by atoms with van der Waals surface area (Å²) in [5.74, 6) is 2.12. The van der Waals surface area contributed by atoms with Crippen molar-refractivity contribution in [2.24, 2.45) is 5.73 Å². The molecule has 1 aromatic carbocycles. The zero-order valence-electron chi connectivity index (χ0n) is 12.9. The fourth-order valence-corrected chi connectivity index (χ4v) is 4.09. The Morgan fingerprint density at radius 1 is 1.10 bits per heavy atom. The normalized spacial score (nSPS) is 20.6. The van der Waals surface area contributed by atoms with Crippen molar-refractivity contribution in [1.82, 2.24) is 0 Å². The molecule has 0 saturated heterocycles. The van der Waals surface area contributed by atoms with Gasteiger partial charge in [-0.3, -0.25) is 0 Å². The molecule has 0 aromatic heterocycles. The molecule has 116 valence electrons. The van der Waals surface area contributed by atoms with Crippen LogP contribution in [0.1, 0.15) is 63.0 Å². The van der Waals surface area contributed by atoms with Gasteiger partial charge in [0.15, 0.2) is 11.5 Å². The summed E-state index contributed by atoms with van der Waals surface area (Å²) in [6.45, 7) is 5.83. The van der Waals surface area contributed by atoms with Crippen molar-refractivity contribution in [3.63, 3.8) is 0 Å². The monoisotopic (exact) mass is 353 g/mol. The van der Waals surface area contributed by atoms with Gasteiger partial charge in [-0.2, -0.15) is 0 Å². The number of halogens is 1. The van der Waals surface area contributed by atoms with Gasteiger partial charge < -0.3 is 15.2 Å². The summed E-state index contributed by atoms with van der Waals surface area (Å²) in [4.78, 5) is 0. The highest BCUT2D eigenvalue weighted by molar-refractivity contribution is 9.10. The van der Waals surface area contributed by atoms with Crippen LogP contribution in [0.25, 0.3) is 0 Å². The SMILES string of the molecule is CC(C)c1c(C2(N)CCCC2)cc(Br)c2c1OCCCO2. The topological polar surface area (TPSA) is 44.5 Å². The molecule has 0 amide bonds. The second-order valence-corrected chi connectivity index (χ2v) is 7.40. The molecular weight excluding hydrogens is 330 g/mol. The van der Waals surface area contributed by atoms with Gasteiger partial charge in [-0.15, -0.1) is 0 Å². The van der Waals surface area contributed by atoms with E-state index >= 15 is 0 Å². The van der Waals surface area contributed by atoms with Crippen molar-refractivity contribution in [3.05, 3.63) is 21.7 Å². The van der Waals surface area contributed by atoms with Crippen LogP contribution in [0.5, 0.6) is 11.5 Å². The predicted octanol–water partition coefficient (Wildman–Crippen LogP) is 4.46. The highest BCUT2D eigenvalue weighted by atomic mass is 79.9. The molecule has 0 atom stereocenters. The Labute approximate surface area is 135 Å². The molecule has 1 aliphatic heterocycles. The molecule has 1 aliphatic carbocycles. The first-order valence-corrected chi connectivity index (χ1v) is 8.73. The van der Waals surface area contributed by atoms with Crippen LogP contribution in [0, 0.1) is 0 Å². The molecule has 2 aliphatic rings. The maximum Gasteiger partial charge on any atom is 0.175 e. The number of nitrogens with two attached hydrogens (primary N) is 1. The first-order chi connectivity index (χ1) is 10.0. The van der Waals surface area contributed by atoms with Crippen LogP contribution < -0.4 is 15.2 Å². The van der Waals surface area contributed by atoms with Crippen LogP contribution in [0.4, 0.5) is 0 Å². The summed E-state index contributed by atoms with van der Waals surface area (Å²) in [6.07, 6.45) is 5.44. The highest BCUT2D eigenvalue weighted by Gasteiger charge is 2.36. The van der Waals surface area contributed by atoms with E-state index in [0.29, 0.717) is 19.1 Å². The van der Waals surface area contributed by atoms with E-state index in [9.17, 15) is 0 Å². The van der Waals surface area contributed by atoms with Crippen molar-refractivity contribution >= 4 is 15.9 Å². The van der Waals surface area contributed by atoms with Gasteiger partial charge in [-0.05, 0) is 46.3 Å². The summed E-state index contributed by atoms with van der Waals surface area (Å²) >= 11 is 3.66. The molecule has 0 radical (unpaired) electrons. The second-order valence-electron chi connectivity index (χ2n) is 6.55. The Balaban J connectivity index is 2.20. The third kappa shape index (κ3) is 2.68. The zero-order valence-corrected chi connectivity index (χ0v) is 14.5. The summed E-state index contributed by atoms with van der Waals surface area (Å²) in [5.41, 5.74) is 9.00. The predicted molar refractivity (Wildman–Crippen MR) is 88.2 cm³/mol. The molecule has 21 heavy (non-hydrogen) atoms. The smallest absolute Gasteiger partial charge is 0.175 e. The van der Waals surface area contributed by atoms with Gasteiger partial charge in [-0.25, -0.2) is 0 Å². The molecule has 2 N–H and O–H groups in total. The molecule has 1 heterocycles. The van der Waals surface area contributed by atoms with E-state index in [1.54, 1.807) is 0 Å². The van der Waals surface area contributed by atoms with Crippen molar-refractivity contribution in [2.45, 2.75) is 57.4 Å². The zero-order chi connectivity index (χ0) is 15.0. The lowest BCUT2D eigenvalue weighted by molar-refractivity contribution is 0.295. The van der Waals surface area contributed by atoms with Gasteiger partial charge in [0.1, 0.15) is 0 Å². The summed E-state index contributed by atoms with van der Waals surface area (Å²) in [7, 11) is 0. The van der Waals surface area contributed by atoms with E-state index in [-0.39, 0.29) is 5.54 Å². The second kappa shape index (κ2) is 5.81. The number of rotatable bonds is 2. The van der Waals surface area contributed by atoms with Gasteiger partial charge in [0, 0.05) is 17.5 Å². The van der Waals surface area contributed by atoms with E-state index < -0.39 is 0 Å². The quantitative estimate of drug-likeness (QED) is 0.853. The van der Waals surface area contributed by atoms with Crippen LogP contribution in [0.2, 0.25) is 0 Å². The van der Waals surface area contributed by atoms with E-state index in [1.807, 2.05) is 0 Å². The Hall–Kier alpha value is -0.740. The van der Waals surface area contributed by atoms with Crippen LogP contribution in [0.3, 0.4) is 0 Å². The van der Waals surface area contributed by atoms with Crippen LogP contribution in [0.15, 0.2) is 10.5 Å². The molecule has 1 fully saturated rings. The minimum absolute atomic E-state index is 0.215. The van der Waals surface area contributed by atoms with Crippen LogP contribution >= 0.6 is 15.9 Å². The maximum atomic E-state index is 6.74. The number of fused-ring (bicyclic) bond motifs is 1. The minimum atomic E-state index is -0.215. The van der Waals surface area contributed by atoms with Gasteiger partial charge in [0.2, 0.25) is 0 Å². The standard InChI is InChI=1S/C17H24BrNO2/c1-11(2)14-12(17(19)6-3-4-7-17)10-13(18)15-16(14)21-9-5-8-20-15/h10-11H,3-9,19H2,1-2H3. The van der Waals surface area contributed by atoms with Gasteiger partial charge in [0.05, 0.1) is 17.7 Å². The fourth-order valence-electron chi connectivity index (χ4n) is 3.57. The Morgan fingerprint density at radius 2 is 1.71 bits per heavy atom.